The molecular weight excluding hydrogens is 129 g/mol. The zero-order valence-corrected chi connectivity index (χ0v) is 6.33. The zero-order valence-electron chi connectivity index (χ0n) is 6.33. The molecule has 0 aromatic rings. The molecule has 0 fully saturated rings. The second-order valence-corrected chi connectivity index (χ2v) is 2.38. The van der Waals surface area contributed by atoms with Gasteiger partial charge in [-0.05, 0) is 6.42 Å². The van der Waals surface area contributed by atoms with Crippen molar-refractivity contribution in [2.75, 3.05) is 0 Å². The van der Waals surface area contributed by atoms with Crippen LogP contribution in [0.1, 0.15) is 13.3 Å². The van der Waals surface area contributed by atoms with E-state index in [1.54, 1.807) is 14.9 Å². The standard InChI is InChI=1S/C6H12BNO2/c1-5(3-9)2-6(4-10)8-7/h3-6,8H,2,7H2,1H3/t5-,6-/m0/s1. The summed E-state index contributed by atoms with van der Waals surface area (Å²) >= 11 is 0. The van der Waals surface area contributed by atoms with Crippen molar-refractivity contribution in [3.05, 3.63) is 0 Å². The van der Waals surface area contributed by atoms with Crippen molar-refractivity contribution in [3.63, 3.8) is 0 Å². The number of hydrogen-bond donors (Lipinski definition) is 1. The average Bonchev–Trinajstić information content (AvgIpc) is 1.99. The first-order valence-corrected chi connectivity index (χ1v) is 3.32. The van der Waals surface area contributed by atoms with Crippen molar-refractivity contribution in [2.45, 2.75) is 19.4 Å². The molecule has 0 heterocycles. The van der Waals surface area contributed by atoms with Gasteiger partial charge in [0.1, 0.15) is 12.6 Å². The predicted molar refractivity (Wildman–Crippen MR) is 41.4 cm³/mol. The third kappa shape index (κ3) is 3.40. The Kier molecular flexibility index (Phi) is 4.85. The van der Waals surface area contributed by atoms with Crippen LogP contribution in [0.4, 0.5) is 0 Å². The molecule has 0 aromatic carbocycles. The third-order valence-electron chi connectivity index (χ3n) is 1.39. The summed E-state index contributed by atoms with van der Waals surface area (Å²) in [5, 5.41) is 2.79. The Morgan fingerprint density at radius 2 is 2.10 bits per heavy atom. The average molecular weight is 141 g/mol. The fraction of sp³-hybridized carbons (Fsp3) is 0.667. The molecule has 2 atom stereocenters. The smallest absolute Gasteiger partial charge is 0.182 e. The Hall–Kier alpha value is -0.635. The molecule has 0 bridgehead atoms. The highest BCUT2D eigenvalue weighted by Gasteiger charge is 2.07. The van der Waals surface area contributed by atoms with E-state index in [2.05, 4.69) is 5.23 Å². The molecule has 0 spiro atoms. The molecule has 0 aliphatic rings. The molecule has 10 heavy (non-hydrogen) atoms. The Labute approximate surface area is 61.6 Å². The van der Waals surface area contributed by atoms with Gasteiger partial charge >= 0.3 is 0 Å². The minimum absolute atomic E-state index is 0.0392. The Morgan fingerprint density at radius 3 is 2.40 bits per heavy atom. The number of hydrogen-bond acceptors (Lipinski definition) is 3. The second-order valence-electron chi connectivity index (χ2n) is 2.38. The van der Waals surface area contributed by atoms with Gasteiger partial charge in [0, 0.05) is 5.92 Å². The van der Waals surface area contributed by atoms with E-state index in [1.807, 2.05) is 0 Å². The topological polar surface area (TPSA) is 46.2 Å². The first-order valence-electron chi connectivity index (χ1n) is 3.32. The van der Waals surface area contributed by atoms with Crippen LogP contribution in [0.2, 0.25) is 0 Å². The molecule has 0 aliphatic carbocycles. The van der Waals surface area contributed by atoms with Crippen LogP contribution in [0.3, 0.4) is 0 Å². The predicted octanol–water partition coefficient (Wildman–Crippen LogP) is -1.08. The number of aldehydes is 2. The summed E-state index contributed by atoms with van der Waals surface area (Å²) in [6.45, 7) is 1.79. The lowest BCUT2D eigenvalue weighted by Crippen LogP contribution is -2.30. The van der Waals surface area contributed by atoms with Crippen LogP contribution < -0.4 is 5.23 Å². The van der Waals surface area contributed by atoms with E-state index in [9.17, 15) is 9.59 Å². The molecule has 0 unspecified atom stereocenters. The minimum Gasteiger partial charge on any atom is -0.354 e. The maximum absolute atomic E-state index is 10.2. The summed E-state index contributed by atoms with van der Waals surface area (Å²) in [4.78, 5) is 20.3. The van der Waals surface area contributed by atoms with Gasteiger partial charge < -0.3 is 14.8 Å². The Bertz CT molecular complexity index is 118. The number of carbonyl (C=O) groups excluding carboxylic acids is 2. The van der Waals surface area contributed by atoms with Crippen LogP contribution in [-0.4, -0.2) is 26.6 Å². The fourth-order valence-corrected chi connectivity index (χ4v) is 0.698. The van der Waals surface area contributed by atoms with E-state index in [-0.39, 0.29) is 12.0 Å². The normalized spacial score (nSPS) is 15.7. The van der Waals surface area contributed by atoms with Crippen molar-refractivity contribution < 1.29 is 9.59 Å². The van der Waals surface area contributed by atoms with Crippen LogP contribution in [0, 0.1) is 5.92 Å². The molecule has 0 aromatic heterocycles. The van der Waals surface area contributed by atoms with Crippen molar-refractivity contribution >= 4 is 20.6 Å². The lowest BCUT2D eigenvalue weighted by molar-refractivity contribution is -0.112. The summed E-state index contributed by atoms with van der Waals surface area (Å²) in [7, 11) is 1.70. The summed E-state index contributed by atoms with van der Waals surface area (Å²) in [5.41, 5.74) is 0. The van der Waals surface area contributed by atoms with Crippen molar-refractivity contribution in [3.8, 4) is 0 Å². The molecule has 0 radical (unpaired) electrons. The van der Waals surface area contributed by atoms with E-state index < -0.39 is 0 Å². The van der Waals surface area contributed by atoms with Crippen molar-refractivity contribution in [2.24, 2.45) is 5.92 Å². The van der Waals surface area contributed by atoms with Crippen molar-refractivity contribution in [1.82, 2.24) is 5.23 Å². The van der Waals surface area contributed by atoms with Crippen LogP contribution in [0.25, 0.3) is 0 Å². The first kappa shape index (κ1) is 9.36. The highest BCUT2D eigenvalue weighted by atomic mass is 16.1. The van der Waals surface area contributed by atoms with Crippen LogP contribution in [0.5, 0.6) is 0 Å². The number of nitrogens with one attached hydrogen (secondary N) is 1. The largest absolute Gasteiger partial charge is 0.354 e. The van der Waals surface area contributed by atoms with Gasteiger partial charge in [-0.3, -0.25) is 0 Å². The molecule has 3 nitrogen and oxygen atoms in total. The summed E-state index contributed by atoms with van der Waals surface area (Å²) in [6.07, 6.45) is 2.26. The van der Waals surface area contributed by atoms with Gasteiger partial charge in [-0.15, -0.1) is 0 Å². The Balaban J connectivity index is 3.61. The molecule has 0 aliphatic heterocycles. The quantitative estimate of drug-likeness (QED) is 0.391. The van der Waals surface area contributed by atoms with E-state index in [1.165, 1.54) is 0 Å². The van der Waals surface area contributed by atoms with Gasteiger partial charge in [0.15, 0.2) is 7.98 Å². The van der Waals surface area contributed by atoms with Crippen LogP contribution in [0.15, 0.2) is 0 Å². The van der Waals surface area contributed by atoms with Gasteiger partial charge in [-0.1, -0.05) is 6.92 Å². The molecule has 1 N–H and O–H groups in total. The van der Waals surface area contributed by atoms with E-state index in [0.717, 1.165) is 12.6 Å². The van der Waals surface area contributed by atoms with E-state index in [0.29, 0.717) is 6.42 Å². The maximum Gasteiger partial charge on any atom is 0.182 e. The van der Waals surface area contributed by atoms with Gasteiger partial charge in [0.2, 0.25) is 0 Å². The molecular formula is C6H12BNO2. The fourth-order valence-electron chi connectivity index (χ4n) is 0.698. The van der Waals surface area contributed by atoms with Gasteiger partial charge in [-0.2, -0.15) is 0 Å². The molecule has 0 saturated heterocycles. The minimum atomic E-state index is -0.180. The van der Waals surface area contributed by atoms with Crippen LogP contribution in [-0.2, 0) is 9.59 Å². The van der Waals surface area contributed by atoms with Gasteiger partial charge in [0.25, 0.3) is 0 Å². The summed E-state index contributed by atoms with van der Waals surface area (Å²) < 4.78 is 0. The first-order chi connectivity index (χ1) is 4.74. The lowest BCUT2D eigenvalue weighted by Gasteiger charge is -2.09. The molecule has 0 rings (SSSR count). The molecule has 4 heteroatoms. The Morgan fingerprint density at radius 1 is 1.50 bits per heavy atom. The van der Waals surface area contributed by atoms with Crippen LogP contribution >= 0.6 is 0 Å². The molecule has 56 valence electrons. The zero-order chi connectivity index (χ0) is 7.98. The highest BCUT2D eigenvalue weighted by molar-refractivity contribution is 6.05. The SMILES string of the molecule is BN[C@H](C=O)C[C@H](C)C=O. The summed E-state index contributed by atoms with van der Waals surface area (Å²) in [5.74, 6) is -0.0392. The van der Waals surface area contributed by atoms with E-state index >= 15 is 0 Å². The lowest BCUT2D eigenvalue weighted by atomic mass is 10.0. The van der Waals surface area contributed by atoms with Gasteiger partial charge in [0.05, 0.1) is 6.04 Å². The summed E-state index contributed by atoms with van der Waals surface area (Å²) in [6, 6.07) is -0.180. The highest BCUT2D eigenvalue weighted by Crippen LogP contribution is 1.99. The third-order valence-corrected chi connectivity index (χ3v) is 1.39. The molecule has 0 saturated carbocycles. The monoisotopic (exact) mass is 141 g/mol. The van der Waals surface area contributed by atoms with E-state index in [4.69, 9.17) is 0 Å². The van der Waals surface area contributed by atoms with Gasteiger partial charge in [-0.25, -0.2) is 0 Å². The van der Waals surface area contributed by atoms with Crippen molar-refractivity contribution in [1.29, 1.82) is 0 Å². The number of carbonyl (C=O) groups is 2. The molecule has 0 amide bonds. The maximum atomic E-state index is 10.2. The second kappa shape index (κ2) is 5.17. The number of rotatable bonds is 5.